The zero-order valence-electron chi connectivity index (χ0n) is 10.7. The molecule has 0 aliphatic heterocycles. The number of hydrogen-bond acceptors (Lipinski definition) is 1. The summed E-state index contributed by atoms with van der Waals surface area (Å²) in [5.74, 6) is 0.0630. The molecule has 1 heterocycles. The summed E-state index contributed by atoms with van der Waals surface area (Å²) in [5.41, 5.74) is 1.46. The molecule has 2 heteroatoms. The molecular weight excluding hydrogens is 234 g/mol. The highest BCUT2D eigenvalue weighted by Crippen LogP contribution is 2.19. The van der Waals surface area contributed by atoms with Crippen molar-refractivity contribution in [2.75, 3.05) is 0 Å². The number of hydrogen-bond donors (Lipinski definition) is 0. The first-order valence-corrected chi connectivity index (χ1v) is 6.23. The van der Waals surface area contributed by atoms with Gasteiger partial charge in [0.05, 0.1) is 5.56 Å². The largest absolute Gasteiger partial charge is 0.288 e. The van der Waals surface area contributed by atoms with Gasteiger partial charge in [0.15, 0.2) is 18.2 Å². The second-order valence-corrected chi connectivity index (χ2v) is 4.62. The molecule has 0 aliphatic carbocycles. The molecular formula is C17H14NO+. The summed E-state index contributed by atoms with van der Waals surface area (Å²) >= 11 is 0. The van der Waals surface area contributed by atoms with E-state index in [2.05, 4.69) is 0 Å². The Labute approximate surface area is 111 Å². The number of rotatable bonds is 2. The van der Waals surface area contributed by atoms with E-state index in [1.165, 1.54) is 0 Å². The second-order valence-electron chi connectivity index (χ2n) is 4.62. The molecule has 0 bridgehead atoms. The first kappa shape index (κ1) is 11.6. The lowest BCUT2D eigenvalue weighted by Crippen LogP contribution is -2.28. The number of ketones is 1. The van der Waals surface area contributed by atoms with E-state index in [1.54, 1.807) is 0 Å². The van der Waals surface area contributed by atoms with Gasteiger partial charge in [-0.2, -0.15) is 0 Å². The van der Waals surface area contributed by atoms with Gasteiger partial charge in [-0.25, -0.2) is 4.57 Å². The molecule has 92 valence electrons. The third kappa shape index (κ3) is 2.13. The molecule has 0 unspecified atom stereocenters. The fourth-order valence-electron chi connectivity index (χ4n) is 2.31. The van der Waals surface area contributed by atoms with Gasteiger partial charge in [0, 0.05) is 16.3 Å². The molecule has 0 radical (unpaired) electrons. The van der Waals surface area contributed by atoms with E-state index in [-0.39, 0.29) is 5.78 Å². The lowest BCUT2D eigenvalue weighted by atomic mass is 9.99. The van der Waals surface area contributed by atoms with Crippen LogP contribution in [0.5, 0.6) is 0 Å². The summed E-state index contributed by atoms with van der Waals surface area (Å²) in [6, 6.07) is 17.4. The SMILES string of the molecule is C[n+]1cc(C(=O)c2ccccc2)c2ccccc2c1. The second kappa shape index (κ2) is 4.65. The Bertz CT molecular complexity index is 748. The van der Waals surface area contributed by atoms with Crippen LogP contribution in [0.15, 0.2) is 67.0 Å². The molecule has 19 heavy (non-hydrogen) atoms. The maximum Gasteiger partial charge on any atom is 0.199 e. The van der Waals surface area contributed by atoms with Crippen LogP contribution in [0.2, 0.25) is 0 Å². The summed E-state index contributed by atoms with van der Waals surface area (Å²) < 4.78 is 1.93. The van der Waals surface area contributed by atoms with Crippen LogP contribution in [0.4, 0.5) is 0 Å². The van der Waals surface area contributed by atoms with Gasteiger partial charge < -0.3 is 0 Å². The molecule has 0 fully saturated rings. The zero-order chi connectivity index (χ0) is 13.2. The Hall–Kier alpha value is -2.48. The lowest BCUT2D eigenvalue weighted by Gasteiger charge is -2.04. The van der Waals surface area contributed by atoms with E-state index < -0.39 is 0 Å². The predicted molar refractivity (Wildman–Crippen MR) is 75.0 cm³/mol. The Morgan fingerprint density at radius 1 is 0.895 bits per heavy atom. The Morgan fingerprint density at radius 3 is 2.37 bits per heavy atom. The van der Waals surface area contributed by atoms with Gasteiger partial charge in [-0.05, 0) is 6.07 Å². The van der Waals surface area contributed by atoms with Gasteiger partial charge in [-0.15, -0.1) is 0 Å². The quantitative estimate of drug-likeness (QED) is 0.504. The number of carbonyl (C=O) groups is 1. The molecule has 2 aromatic carbocycles. The van der Waals surface area contributed by atoms with Crippen LogP contribution in [0, 0.1) is 0 Å². The van der Waals surface area contributed by atoms with E-state index in [0.29, 0.717) is 0 Å². The predicted octanol–water partition coefficient (Wildman–Crippen LogP) is 2.90. The summed E-state index contributed by atoms with van der Waals surface area (Å²) in [6.45, 7) is 0. The minimum atomic E-state index is 0.0630. The van der Waals surface area contributed by atoms with Crippen molar-refractivity contribution in [1.82, 2.24) is 0 Å². The van der Waals surface area contributed by atoms with Gasteiger partial charge in [-0.3, -0.25) is 4.79 Å². The Kier molecular flexibility index (Phi) is 2.84. The van der Waals surface area contributed by atoms with E-state index in [1.807, 2.05) is 78.6 Å². The fraction of sp³-hybridized carbons (Fsp3) is 0.0588. The average molecular weight is 248 g/mol. The highest BCUT2D eigenvalue weighted by molar-refractivity contribution is 6.15. The van der Waals surface area contributed by atoms with Crippen molar-refractivity contribution in [3.63, 3.8) is 0 Å². The van der Waals surface area contributed by atoms with Gasteiger partial charge in [-0.1, -0.05) is 48.5 Å². The molecule has 3 rings (SSSR count). The minimum absolute atomic E-state index is 0.0630. The van der Waals surface area contributed by atoms with Crippen LogP contribution in [0.25, 0.3) is 10.8 Å². The molecule has 2 nitrogen and oxygen atoms in total. The van der Waals surface area contributed by atoms with E-state index >= 15 is 0 Å². The summed E-state index contributed by atoms with van der Waals surface area (Å²) in [6.07, 6.45) is 3.91. The van der Waals surface area contributed by atoms with Crippen LogP contribution in [-0.4, -0.2) is 5.78 Å². The molecule has 1 aromatic heterocycles. The number of nitrogens with zero attached hydrogens (tertiary/aromatic N) is 1. The van der Waals surface area contributed by atoms with Crippen LogP contribution < -0.4 is 4.57 Å². The number of benzene rings is 2. The Balaban J connectivity index is 2.23. The standard InChI is InChI=1S/C17H14NO/c1-18-11-14-9-5-6-10-15(14)16(12-18)17(19)13-7-3-2-4-8-13/h2-12H,1H3/q+1. The number of pyridine rings is 1. The molecule has 0 atom stereocenters. The van der Waals surface area contributed by atoms with Crippen molar-refractivity contribution < 1.29 is 9.36 Å². The van der Waals surface area contributed by atoms with E-state index in [0.717, 1.165) is 21.9 Å². The van der Waals surface area contributed by atoms with Gasteiger partial charge in [0.25, 0.3) is 0 Å². The number of aromatic nitrogens is 1. The average Bonchev–Trinajstić information content (AvgIpc) is 2.46. The molecule has 0 N–H and O–H groups in total. The van der Waals surface area contributed by atoms with Crippen LogP contribution in [0.1, 0.15) is 15.9 Å². The smallest absolute Gasteiger partial charge is 0.199 e. The highest BCUT2D eigenvalue weighted by Gasteiger charge is 2.16. The van der Waals surface area contributed by atoms with Crippen LogP contribution in [0.3, 0.4) is 0 Å². The third-order valence-corrected chi connectivity index (χ3v) is 3.21. The minimum Gasteiger partial charge on any atom is -0.288 e. The summed E-state index contributed by atoms with van der Waals surface area (Å²) in [4.78, 5) is 12.6. The molecule has 0 aliphatic rings. The first-order valence-electron chi connectivity index (χ1n) is 6.23. The number of aryl methyl sites for hydroxylation is 1. The molecule has 3 aromatic rings. The number of fused-ring (bicyclic) bond motifs is 1. The monoisotopic (exact) mass is 248 g/mol. The van der Waals surface area contributed by atoms with Gasteiger partial charge in [0.1, 0.15) is 7.05 Å². The fourth-order valence-corrected chi connectivity index (χ4v) is 2.31. The topological polar surface area (TPSA) is 20.9 Å². The van der Waals surface area contributed by atoms with E-state index in [9.17, 15) is 4.79 Å². The van der Waals surface area contributed by atoms with Crippen molar-refractivity contribution in [2.24, 2.45) is 7.05 Å². The molecule has 0 saturated heterocycles. The highest BCUT2D eigenvalue weighted by atomic mass is 16.1. The van der Waals surface area contributed by atoms with Crippen LogP contribution >= 0.6 is 0 Å². The van der Waals surface area contributed by atoms with E-state index in [4.69, 9.17) is 0 Å². The van der Waals surface area contributed by atoms with Crippen molar-refractivity contribution in [3.8, 4) is 0 Å². The maximum atomic E-state index is 12.6. The number of carbonyl (C=O) groups excluding carboxylic acids is 1. The third-order valence-electron chi connectivity index (χ3n) is 3.21. The van der Waals surface area contributed by atoms with Gasteiger partial charge >= 0.3 is 0 Å². The lowest BCUT2D eigenvalue weighted by molar-refractivity contribution is -0.670. The zero-order valence-corrected chi connectivity index (χ0v) is 10.7. The van der Waals surface area contributed by atoms with Gasteiger partial charge in [0.2, 0.25) is 0 Å². The normalized spacial score (nSPS) is 10.6. The molecule has 0 saturated carbocycles. The maximum absolute atomic E-state index is 12.6. The first-order chi connectivity index (χ1) is 9.25. The Morgan fingerprint density at radius 2 is 1.58 bits per heavy atom. The van der Waals surface area contributed by atoms with Crippen molar-refractivity contribution >= 4 is 16.6 Å². The van der Waals surface area contributed by atoms with Crippen molar-refractivity contribution in [1.29, 1.82) is 0 Å². The van der Waals surface area contributed by atoms with Crippen molar-refractivity contribution in [3.05, 3.63) is 78.1 Å². The molecule has 0 amide bonds. The summed E-state index contributed by atoms with van der Waals surface area (Å²) in [7, 11) is 1.94. The van der Waals surface area contributed by atoms with Crippen LogP contribution in [-0.2, 0) is 7.05 Å². The van der Waals surface area contributed by atoms with Crippen molar-refractivity contribution in [2.45, 2.75) is 0 Å². The molecule has 0 spiro atoms. The summed E-state index contributed by atoms with van der Waals surface area (Å²) in [5, 5.41) is 2.07.